The summed E-state index contributed by atoms with van der Waals surface area (Å²) in [6.45, 7) is 2.02. The van der Waals surface area contributed by atoms with E-state index >= 15 is 0 Å². The smallest absolute Gasteiger partial charge is 0.352 e. The molecule has 1 aliphatic rings. The first-order valence-corrected chi connectivity index (χ1v) is 6.02. The number of rotatable bonds is 5. The first-order valence-electron chi connectivity index (χ1n) is 6.02. The number of nitrogens with zero attached hydrogens (tertiary/aromatic N) is 4. The van der Waals surface area contributed by atoms with Crippen molar-refractivity contribution < 1.29 is 19.2 Å². The van der Waals surface area contributed by atoms with Crippen LogP contribution < -0.4 is 0 Å². The summed E-state index contributed by atoms with van der Waals surface area (Å²) in [6, 6.07) is 0. The minimum absolute atomic E-state index is 0.0306. The zero-order chi connectivity index (χ0) is 13.8. The second-order valence-electron chi connectivity index (χ2n) is 4.16. The van der Waals surface area contributed by atoms with Gasteiger partial charge in [0.25, 0.3) is 0 Å². The summed E-state index contributed by atoms with van der Waals surface area (Å²) >= 11 is 0. The summed E-state index contributed by atoms with van der Waals surface area (Å²) in [4.78, 5) is 26.6. The molecular formula is C11H14N4O4. The van der Waals surface area contributed by atoms with Crippen molar-refractivity contribution in [2.45, 2.75) is 39.2 Å². The molecule has 0 aromatic carbocycles. The topological polar surface area (TPSA) is 109 Å². The van der Waals surface area contributed by atoms with Gasteiger partial charge < -0.3 is 9.63 Å². The molecule has 0 unspecified atom stereocenters. The van der Waals surface area contributed by atoms with Crippen molar-refractivity contribution in [3.05, 3.63) is 11.7 Å². The molecule has 1 N–H and O–H groups in total. The highest BCUT2D eigenvalue weighted by molar-refractivity contribution is 6.36. The van der Waals surface area contributed by atoms with Crippen LogP contribution in [-0.2, 0) is 22.6 Å². The molecule has 2 heterocycles. The van der Waals surface area contributed by atoms with E-state index < -0.39 is 5.97 Å². The van der Waals surface area contributed by atoms with Crippen LogP contribution in [0.25, 0.3) is 0 Å². The van der Waals surface area contributed by atoms with E-state index in [4.69, 9.17) is 9.63 Å². The maximum atomic E-state index is 11.6. The summed E-state index contributed by atoms with van der Waals surface area (Å²) in [6.07, 6.45) is 1.83. The molecule has 0 saturated heterocycles. The lowest BCUT2D eigenvalue weighted by atomic mass is 10.2. The fourth-order valence-electron chi connectivity index (χ4n) is 1.68. The lowest BCUT2D eigenvalue weighted by molar-refractivity contribution is -0.133. The molecule has 8 nitrogen and oxygen atoms in total. The van der Waals surface area contributed by atoms with E-state index in [0.717, 1.165) is 11.4 Å². The van der Waals surface area contributed by atoms with Crippen molar-refractivity contribution in [1.82, 2.24) is 15.1 Å². The van der Waals surface area contributed by atoms with Crippen LogP contribution in [0.1, 0.15) is 37.9 Å². The van der Waals surface area contributed by atoms with Gasteiger partial charge in [-0.25, -0.2) is 9.80 Å². The predicted molar refractivity (Wildman–Crippen MR) is 63.1 cm³/mol. The molecule has 0 spiro atoms. The Morgan fingerprint density at radius 1 is 1.47 bits per heavy atom. The standard InChI is InChI=1S/C11H14N4O4/c1-2-3-9-12-8(14-19-9)6-15-10(16)5-4-7(13-15)11(17)18/h2-6H2,1H3,(H,17,18). The average Bonchev–Trinajstić information content (AvgIpc) is 2.80. The van der Waals surface area contributed by atoms with Gasteiger partial charge in [0.05, 0.1) is 0 Å². The summed E-state index contributed by atoms with van der Waals surface area (Å²) in [5.74, 6) is -0.527. The third-order valence-electron chi connectivity index (χ3n) is 2.62. The number of hydrazone groups is 1. The van der Waals surface area contributed by atoms with Crippen LogP contribution in [-0.4, -0.2) is 37.8 Å². The van der Waals surface area contributed by atoms with Crippen molar-refractivity contribution >= 4 is 17.6 Å². The van der Waals surface area contributed by atoms with Gasteiger partial charge in [0, 0.05) is 19.3 Å². The van der Waals surface area contributed by atoms with Crippen molar-refractivity contribution in [3.8, 4) is 0 Å². The fraction of sp³-hybridized carbons (Fsp3) is 0.545. The first kappa shape index (κ1) is 13.2. The number of aromatic nitrogens is 2. The van der Waals surface area contributed by atoms with E-state index in [9.17, 15) is 9.59 Å². The van der Waals surface area contributed by atoms with Gasteiger partial charge in [-0.3, -0.25) is 4.79 Å². The minimum atomic E-state index is -1.11. The molecule has 0 saturated carbocycles. The second kappa shape index (κ2) is 5.59. The second-order valence-corrected chi connectivity index (χ2v) is 4.16. The first-order chi connectivity index (χ1) is 9.10. The molecule has 1 aromatic heterocycles. The number of aryl methyl sites for hydroxylation is 1. The maximum absolute atomic E-state index is 11.6. The maximum Gasteiger partial charge on any atom is 0.352 e. The number of aliphatic carboxylic acids is 1. The van der Waals surface area contributed by atoms with Gasteiger partial charge in [-0.1, -0.05) is 12.1 Å². The molecule has 1 aromatic rings. The molecule has 0 fully saturated rings. The van der Waals surface area contributed by atoms with Crippen molar-refractivity contribution in [2.75, 3.05) is 0 Å². The van der Waals surface area contributed by atoms with E-state index in [2.05, 4.69) is 15.2 Å². The van der Waals surface area contributed by atoms with E-state index in [1.165, 1.54) is 0 Å². The van der Waals surface area contributed by atoms with Crippen molar-refractivity contribution in [2.24, 2.45) is 5.10 Å². The quantitative estimate of drug-likeness (QED) is 0.835. The van der Waals surface area contributed by atoms with Crippen LogP contribution in [0.4, 0.5) is 0 Å². The number of carboxylic acid groups (broad SMARTS) is 1. The Morgan fingerprint density at radius 2 is 2.26 bits per heavy atom. The molecule has 0 bridgehead atoms. The van der Waals surface area contributed by atoms with Gasteiger partial charge >= 0.3 is 5.97 Å². The van der Waals surface area contributed by atoms with Gasteiger partial charge in [0.2, 0.25) is 11.8 Å². The Balaban J connectivity index is 2.09. The minimum Gasteiger partial charge on any atom is -0.477 e. The third-order valence-corrected chi connectivity index (χ3v) is 2.62. The molecule has 2 rings (SSSR count). The summed E-state index contributed by atoms with van der Waals surface area (Å²) in [5, 5.41) is 17.5. The zero-order valence-electron chi connectivity index (χ0n) is 10.5. The van der Waals surface area contributed by atoms with Crippen LogP contribution in [0.5, 0.6) is 0 Å². The fourth-order valence-corrected chi connectivity index (χ4v) is 1.68. The van der Waals surface area contributed by atoms with Gasteiger partial charge in [-0.2, -0.15) is 10.1 Å². The highest BCUT2D eigenvalue weighted by Gasteiger charge is 2.25. The zero-order valence-corrected chi connectivity index (χ0v) is 10.5. The highest BCUT2D eigenvalue weighted by atomic mass is 16.5. The Bertz CT molecular complexity index is 523. The van der Waals surface area contributed by atoms with Crippen LogP contribution in [0, 0.1) is 0 Å². The van der Waals surface area contributed by atoms with E-state index in [0.29, 0.717) is 18.1 Å². The molecule has 1 amide bonds. The normalized spacial score (nSPS) is 15.5. The van der Waals surface area contributed by atoms with Crippen LogP contribution in [0.2, 0.25) is 0 Å². The van der Waals surface area contributed by atoms with Crippen molar-refractivity contribution in [1.29, 1.82) is 0 Å². The molecular weight excluding hydrogens is 252 g/mol. The Hall–Kier alpha value is -2.25. The van der Waals surface area contributed by atoms with E-state index in [1.54, 1.807) is 0 Å². The molecule has 19 heavy (non-hydrogen) atoms. The Morgan fingerprint density at radius 3 is 2.95 bits per heavy atom. The van der Waals surface area contributed by atoms with Crippen molar-refractivity contribution in [3.63, 3.8) is 0 Å². The number of hydrogen-bond acceptors (Lipinski definition) is 6. The molecule has 0 radical (unpaired) electrons. The number of carbonyl (C=O) groups excluding carboxylic acids is 1. The Kier molecular flexibility index (Phi) is 3.88. The molecule has 1 aliphatic heterocycles. The lowest BCUT2D eigenvalue weighted by Crippen LogP contribution is -2.34. The van der Waals surface area contributed by atoms with E-state index in [1.807, 2.05) is 6.92 Å². The lowest BCUT2D eigenvalue weighted by Gasteiger charge is -2.20. The largest absolute Gasteiger partial charge is 0.477 e. The SMILES string of the molecule is CCCc1nc(CN2N=C(C(=O)O)CCC2=O)no1. The molecule has 0 aliphatic carbocycles. The van der Waals surface area contributed by atoms with Gasteiger partial charge in [0.1, 0.15) is 12.3 Å². The monoisotopic (exact) mass is 266 g/mol. The number of carbonyl (C=O) groups is 2. The Labute approximate surface area is 109 Å². The predicted octanol–water partition coefficient (Wildman–Crippen LogP) is 0.585. The van der Waals surface area contributed by atoms with Gasteiger partial charge in [-0.05, 0) is 6.42 Å². The van der Waals surface area contributed by atoms with Crippen LogP contribution >= 0.6 is 0 Å². The highest BCUT2D eigenvalue weighted by Crippen LogP contribution is 2.12. The number of hydrogen-bond donors (Lipinski definition) is 1. The van der Waals surface area contributed by atoms with Gasteiger partial charge in [0.15, 0.2) is 5.82 Å². The summed E-state index contributed by atoms with van der Waals surface area (Å²) in [7, 11) is 0. The van der Waals surface area contributed by atoms with E-state index in [-0.39, 0.29) is 31.0 Å². The molecule has 8 heteroatoms. The molecule has 0 atom stereocenters. The third kappa shape index (κ3) is 3.15. The van der Waals surface area contributed by atoms with Gasteiger partial charge in [-0.15, -0.1) is 0 Å². The van der Waals surface area contributed by atoms with Crippen LogP contribution in [0.15, 0.2) is 9.62 Å². The number of amides is 1. The summed E-state index contributed by atoms with van der Waals surface area (Å²) < 4.78 is 4.99. The van der Waals surface area contributed by atoms with Crippen LogP contribution in [0.3, 0.4) is 0 Å². The average molecular weight is 266 g/mol. The summed E-state index contributed by atoms with van der Waals surface area (Å²) in [5.41, 5.74) is -0.0307. The number of carboxylic acids is 1. The molecule has 102 valence electrons.